The second-order valence-corrected chi connectivity index (χ2v) is 7.07. The molecule has 158 valence electrons. The van der Waals surface area contributed by atoms with E-state index in [2.05, 4.69) is 53.2 Å². The van der Waals surface area contributed by atoms with Crippen LogP contribution in [0.1, 0.15) is 23.6 Å². The highest BCUT2D eigenvalue weighted by atomic mass is 127. The van der Waals surface area contributed by atoms with Gasteiger partial charge in [0.15, 0.2) is 5.96 Å². The largest absolute Gasteiger partial charge is 0.392 e. The predicted molar refractivity (Wildman–Crippen MR) is 128 cm³/mol. The minimum atomic E-state index is -0.380. The number of aliphatic hydroxyl groups is 1. The highest BCUT2D eigenvalue weighted by molar-refractivity contribution is 14.0. The van der Waals surface area contributed by atoms with Crippen LogP contribution in [0.25, 0.3) is 0 Å². The monoisotopic (exact) mass is 512 g/mol. The normalized spacial score (nSPS) is 14.6. The number of hydrogen-bond donors (Lipinski definition) is 2. The number of piperazine rings is 1. The fraction of sp³-hybridized carbons (Fsp3) is 0.409. The lowest BCUT2D eigenvalue weighted by atomic mass is 10.1. The number of aliphatic hydroxyl groups excluding tert-OH is 1. The molecule has 2 N–H and O–H groups in total. The van der Waals surface area contributed by atoms with Crippen molar-refractivity contribution < 1.29 is 9.50 Å². The lowest BCUT2D eigenvalue weighted by Gasteiger charge is -2.37. The van der Waals surface area contributed by atoms with Crippen molar-refractivity contribution in [2.75, 3.05) is 37.6 Å². The molecule has 0 saturated carbocycles. The van der Waals surface area contributed by atoms with Crippen LogP contribution in [0.3, 0.4) is 0 Å². The van der Waals surface area contributed by atoms with E-state index in [0.717, 1.165) is 44.2 Å². The van der Waals surface area contributed by atoms with Gasteiger partial charge < -0.3 is 20.2 Å². The number of halogens is 2. The number of guanidine groups is 1. The molecule has 29 heavy (non-hydrogen) atoms. The van der Waals surface area contributed by atoms with Crippen LogP contribution in [0.2, 0.25) is 0 Å². The Morgan fingerprint density at radius 1 is 1.14 bits per heavy atom. The van der Waals surface area contributed by atoms with Crippen LogP contribution in [0.4, 0.5) is 10.1 Å². The number of nitrogens with one attached hydrogen (secondary N) is 1. The van der Waals surface area contributed by atoms with Crippen molar-refractivity contribution in [3.8, 4) is 0 Å². The number of rotatable bonds is 5. The minimum absolute atomic E-state index is 0. The average Bonchev–Trinajstić information content (AvgIpc) is 2.72. The summed E-state index contributed by atoms with van der Waals surface area (Å²) < 4.78 is 13.6. The Morgan fingerprint density at radius 3 is 2.55 bits per heavy atom. The van der Waals surface area contributed by atoms with Crippen LogP contribution in [-0.2, 0) is 13.2 Å². The summed E-state index contributed by atoms with van der Waals surface area (Å²) in [6, 6.07) is 13.4. The van der Waals surface area contributed by atoms with Crippen LogP contribution in [-0.4, -0.2) is 48.7 Å². The summed E-state index contributed by atoms with van der Waals surface area (Å²) in [6.07, 6.45) is 0. The van der Waals surface area contributed by atoms with Gasteiger partial charge in [-0.1, -0.05) is 18.2 Å². The van der Waals surface area contributed by atoms with Crippen molar-refractivity contribution in [1.29, 1.82) is 0 Å². The average molecular weight is 512 g/mol. The number of aryl methyl sites for hydroxylation is 1. The van der Waals surface area contributed by atoms with Crippen molar-refractivity contribution in [3.63, 3.8) is 0 Å². The Labute approximate surface area is 189 Å². The summed E-state index contributed by atoms with van der Waals surface area (Å²) in [5.41, 5.74) is 3.74. The molecule has 1 saturated heterocycles. The molecule has 5 nitrogen and oxygen atoms in total. The van der Waals surface area contributed by atoms with E-state index < -0.39 is 0 Å². The smallest absolute Gasteiger partial charge is 0.194 e. The van der Waals surface area contributed by atoms with Gasteiger partial charge in [-0.15, -0.1) is 24.0 Å². The molecule has 2 aromatic rings. The summed E-state index contributed by atoms with van der Waals surface area (Å²) in [4.78, 5) is 9.41. The van der Waals surface area contributed by atoms with Gasteiger partial charge in [0.2, 0.25) is 0 Å². The van der Waals surface area contributed by atoms with Crippen LogP contribution in [0.15, 0.2) is 47.5 Å². The number of hydrogen-bond acceptors (Lipinski definition) is 3. The summed E-state index contributed by atoms with van der Waals surface area (Å²) >= 11 is 0. The first kappa shape index (κ1) is 23.4. The number of benzene rings is 2. The summed E-state index contributed by atoms with van der Waals surface area (Å²) in [5, 5.41) is 12.6. The molecule has 0 atom stereocenters. The van der Waals surface area contributed by atoms with Crippen molar-refractivity contribution in [2.24, 2.45) is 4.99 Å². The zero-order chi connectivity index (χ0) is 19.9. The van der Waals surface area contributed by atoms with Gasteiger partial charge >= 0.3 is 0 Å². The van der Waals surface area contributed by atoms with Crippen molar-refractivity contribution in [3.05, 3.63) is 65.0 Å². The van der Waals surface area contributed by atoms with Gasteiger partial charge in [-0.2, -0.15) is 0 Å². The third-order valence-electron chi connectivity index (χ3n) is 4.97. The van der Waals surface area contributed by atoms with Gasteiger partial charge in [0.25, 0.3) is 0 Å². The molecule has 0 radical (unpaired) electrons. The Balaban J connectivity index is 0.00000300. The van der Waals surface area contributed by atoms with Crippen molar-refractivity contribution in [2.45, 2.75) is 27.0 Å². The molecule has 7 heteroatoms. The van der Waals surface area contributed by atoms with E-state index in [1.807, 2.05) is 0 Å². The van der Waals surface area contributed by atoms with E-state index >= 15 is 0 Å². The molecule has 2 aromatic carbocycles. The first-order valence-electron chi connectivity index (χ1n) is 9.83. The third kappa shape index (κ3) is 6.30. The molecule has 1 aliphatic heterocycles. The topological polar surface area (TPSA) is 51.1 Å². The summed E-state index contributed by atoms with van der Waals surface area (Å²) in [6.45, 7) is 8.79. The van der Waals surface area contributed by atoms with E-state index in [1.165, 1.54) is 17.3 Å². The Morgan fingerprint density at radius 2 is 1.90 bits per heavy atom. The lowest BCUT2D eigenvalue weighted by molar-refractivity contribution is 0.275. The molecule has 3 rings (SSSR count). The Kier molecular flexibility index (Phi) is 9.16. The maximum absolute atomic E-state index is 13.6. The van der Waals surface area contributed by atoms with E-state index in [0.29, 0.717) is 12.1 Å². The summed E-state index contributed by atoms with van der Waals surface area (Å²) in [5.74, 6) is 0.496. The minimum Gasteiger partial charge on any atom is -0.392 e. The van der Waals surface area contributed by atoms with E-state index in [9.17, 15) is 9.50 Å². The molecular weight excluding hydrogens is 482 g/mol. The van der Waals surface area contributed by atoms with E-state index in [1.54, 1.807) is 12.1 Å². The second kappa shape index (κ2) is 11.3. The summed E-state index contributed by atoms with van der Waals surface area (Å²) in [7, 11) is 0. The van der Waals surface area contributed by atoms with Gasteiger partial charge in [0.1, 0.15) is 5.82 Å². The molecular formula is C22H30FIN4O. The zero-order valence-corrected chi connectivity index (χ0v) is 19.4. The van der Waals surface area contributed by atoms with E-state index in [4.69, 9.17) is 4.99 Å². The van der Waals surface area contributed by atoms with Crippen molar-refractivity contribution in [1.82, 2.24) is 10.2 Å². The molecule has 0 spiro atoms. The Hall–Kier alpha value is -1.87. The maximum Gasteiger partial charge on any atom is 0.194 e. The molecule has 0 unspecified atom stereocenters. The van der Waals surface area contributed by atoms with Gasteiger partial charge in [-0.25, -0.2) is 9.38 Å². The molecule has 0 aromatic heterocycles. The maximum atomic E-state index is 13.6. The number of aliphatic imine (C=N–C) groups is 1. The Bertz CT molecular complexity index is 822. The highest BCUT2D eigenvalue weighted by Crippen LogP contribution is 2.18. The van der Waals surface area contributed by atoms with E-state index in [-0.39, 0.29) is 36.4 Å². The molecule has 0 aliphatic carbocycles. The van der Waals surface area contributed by atoms with Crippen LogP contribution < -0.4 is 10.2 Å². The number of nitrogens with zero attached hydrogens (tertiary/aromatic N) is 3. The SMILES string of the molecule is CCNC(=NCc1ccc(F)c(CO)c1)N1CCN(c2cccc(C)c2)CC1.I. The zero-order valence-electron chi connectivity index (χ0n) is 17.1. The van der Waals surface area contributed by atoms with Crippen LogP contribution in [0.5, 0.6) is 0 Å². The van der Waals surface area contributed by atoms with Crippen molar-refractivity contribution >= 4 is 35.6 Å². The van der Waals surface area contributed by atoms with Crippen LogP contribution in [0, 0.1) is 12.7 Å². The van der Waals surface area contributed by atoms with Gasteiger partial charge in [-0.05, 0) is 49.2 Å². The lowest BCUT2D eigenvalue weighted by Crippen LogP contribution is -2.52. The van der Waals surface area contributed by atoms with Gasteiger partial charge in [-0.3, -0.25) is 0 Å². The predicted octanol–water partition coefficient (Wildman–Crippen LogP) is 3.53. The standard InChI is InChI=1S/C22H29FN4O.HI/c1-3-24-22(25-15-18-7-8-21(23)19(14-18)16-28)27-11-9-26(10-12-27)20-6-4-5-17(2)13-20;/h4-8,13-14,28H,3,9-12,15-16H2,1-2H3,(H,24,25);1H. The first-order chi connectivity index (χ1) is 13.6. The fourth-order valence-corrected chi connectivity index (χ4v) is 3.44. The quantitative estimate of drug-likeness (QED) is 0.366. The fourth-order valence-electron chi connectivity index (χ4n) is 3.44. The molecule has 1 aliphatic rings. The molecule has 0 bridgehead atoms. The van der Waals surface area contributed by atoms with Gasteiger partial charge in [0.05, 0.1) is 13.2 Å². The first-order valence-corrected chi connectivity index (χ1v) is 9.83. The second-order valence-electron chi connectivity index (χ2n) is 7.07. The molecule has 1 fully saturated rings. The highest BCUT2D eigenvalue weighted by Gasteiger charge is 2.20. The molecule has 1 heterocycles. The molecule has 0 amide bonds. The number of anilines is 1. The van der Waals surface area contributed by atoms with Crippen LogP contribution >= 0.6 is 24.0 Å². The van der Waals surface area contributed by atoms with Gasteiger partial charge in [0, 0.05) is 44.0 Å². The third-order valence-corrected chi connectivity index (χ3v) is 4.97.